The number of ether oxygens (including phenoxy) is 3. The maximum absolute atomic E-state index is 12.8. The number of hydrogen-bond donors (Lipinski definition) is 0. The van der Waals surface area contributed by atoms with Gasteiger partial charge in [0.2, 0.25) is 0 Å². The predicted molar refractivity (Wildman–Crippen MR) is 96.3 cm³/mol. The van der Waals surface area contributed by atoms with Crippen LogP contribution in [-0.4, -0.2) is 35.9 Å². The molecule has 3 rings (SSSR count). The van der Waals surface area contributed by atoms with E-state index in [9.17, 15) is 14.4 Å². The van der Waals surface area contributed by atoms with Crippen molar-refractivity contribution in [3.63, 3.8) is 0 Å². The highest BCUT2D eigenvalue weighted by Crippen LogP contribution is 2.27. The Bertz CT molecular complexity index is 1100. The molecule has 138 valence electrons. The molecule has 0 aliphatic carbocycles. The standard InChI is InChI=1S/C19H16N2O6/c1-21-17(22)13-7-5-4-6-12(13)16(20-21)19(24)27-15-10-11(25-2)8-9-14(15)18(23)26-3/h4-10H,1-3H3. The van der Waals surface area contributed by atoms with Gasteiger partial charge in [-0.05, 0) is 18.2 Å². The van der Waals surface area contributed by atoms with Gasteiger partial charge in [0.15, 0.2) is 5.69 Å². The number of nitrogens with zero attached hydrogens (tertiary/aromatic N) is 2. The molecule has 0 aliphatic rings. The Kier molecular flexibility index (Phi) is 4.89. The molecule has 8 heteroatoms. The minimum absolute atomic E-state index is 0.0362. The highest BCUT2D eigenvalue weighted by molar-refractivity contribution is 6.03. The molecule has 1 heterocycles. The quantitative estimate of drug-likeness (QED) is 0.513. The van der Waals surface area contributed by atoms with Gasteiger partial charge >= 0.3 is 11.9 Å². The fourth-order valence-electron chi connectivity index (χ4n) is 2.59. The van der Waals surface area contributed by atoms with Crippen molar-refractivity contribution < 1.29 is 23.8 Å². The Labute approximate surface area is 153 Å². The highest BCUT2D eigenvalue weighted by Gasteiger charge is 2.21. The fourth-order valence-corrected chi connectivity index (χ4v) is 2.59. The number of benzene rings is 2. The average Bonchev–Trinajstić information content (AvgIpc) is 2.69. The van der Waals surface area contributed by atoms with Crippen LogP contribution >= 0.6 is 0 Å². The molecule has 8 nitrogen and oxygen atoms in total. The first kappa shape index (κ1) is 18.1. The molecule has 0 amide bonds. The van der Waals surface area contributed by atoms with Gasteiger partial charge in [-0.15, -0.1) is 0 Å². The van der Waals surface area contributed by atoms with E-state index in [1.165, 1.54) is 33.4 Å². The smallest absolute Gasteiger partial charge is 0.364 e. The zero-order valence-corrected chi connectivity index (χ0v) is 14.9. The van der Waals surface area contributed by atoms with Crippen LogP contribution in [0.15, 0.2) is 47.3 Å². The number of aromatic nitrogens is 2. The summed E-state index contributed by atoms with van der Waals surface area (Å²) < 4.78 is 16.3. The number of methoxy groups -OCH3 is 2. The number of aryl methyl sites for hydroxylation is 1. The van der Waals surface area contributed by atoms with E-state index in [0.29, 0.717) is 16.5 Å². The van der Waals surface area contributed by atoms with E-state index in [-0.39, 0.29) is 22.6 Å². The number of fused-ring (bicyclic) bond motifs is 1. The first-order chi connectivity index (χ1) is 13.0. The Morgan fingerprint density at radius 1 is 1.00 bits per heavy atom. The lowest BCUT2D eigenvalue weighted by Gasteiger charge is -2.11. The fraction of sp³-hybridized carbons (Fsp3) is 0.158. The SMILES string of the molecule is COC(=O)c1ccc(OC)cc1OC(=O)c1nn(C)c(=O)c2ccccc12. The van der Waals surface area contributed by atoms with Gasteiger partial charge in [0.1, 0.15) is 17.1 Å². The second-order valence-electron chi connectivity index (χ2n) is 5.57. The summed E-state index contributed by atoms with van der Waals surface area (Å²) in [7, 11) is 4.11. The second-order valence-corrected chi connectivity index (χ2v) is 5.57. The molecule has 0 aliphatic heterocycles. The maximum Gasteiger partial charge on any atom is 0.364 e. The van der Waals surface area contributed by atoms with Gasteiger partial charge in [-0.1, -0.05) is 18.2 Å². The van der Waals surface area contributed by atoms with Crippen LogP contribution in [0.2, 0.25) is 0 Å². The highest BCUT2D eigenvalue weighted by atomic mass is 16.5. The Morgan fingerprint density at radius 2 is 1.70 bits per heavy atom. The lowest BCUT2D eigenvalue weighted by Crippen LogP contribution is -2.25. The maximum atomic E-state index is 12.8. The summed E-state index contributed by atoms with van der Waals surface area (Å²) in [5.41, 5.74) is -0.328. The van der Waals surface area contributed by atoms with Crippen LogP contribution in [0, 0.1) is 0 Å². The largest absolute Gasteiger partial charge is 0.497 e. The van der Waals surface area contributed by atoms with Gasteiger partial charge in [0, 0.05) is 18.5 Å². The van der Waals surface area contributed by atoms with Crippen molar-refractivity contribution in [1.29, 1.82) is 0 Å². The summed E-state index contributed by atoms with van der Waals surface area (Å²) >= 11 is 0. The van der Waals surface area contributed by atoms with Crippen LogP contribution < -0.4 is 15.0 Å². The molecular formula is C19H16N2O6. The molecule has 27 heavy (non-hydrogen) atoms. The zero-order valence-electron chi connectivity index (χ0n) is 14.9. The van der Waals surface area contributed by atoms with Crippen molar-refractivity contribution in [2.75, 3.05) is 14.2 Å². The van der Waals surface area contributed by atoms with Crippen LogP contribution in [0.1, 0.15) is 20.8 Å². The summed E-state index contributed by atoms with van der Waals surface area (Å²) in [6.45, 7) is 0. The van der Waals surface area contributed by atoms with E-state index in [2.05, 4.69) is 5.10 Å². The molecule has 0 spiro atoms. The van der Waals surface area contributed by atoms with Crippen molar-refractivity contribution in [3.05, 3.63) is 64.1 Å². The summed E-state index contributed by atoms with van der Waals surface area (Å²) in [5, 5.41) is 4.71. The third-order valence-electron chi connectivity index (χ3n) is 3.95. The van der Waals surface area contributed by atoms with Crippen LogP contribution in [-0.2, 0) is 11.8 Å². The molecule has 2 aromatic carbocycles. The van der Waals surface area contributed by atoms with E-state index in [1.807, 2.05) is 0 Å². The van der Waals surface area contributed by atoms with Crippen molar-refractivity contribution in [1.82, 2.24) is 9.78 Å². The predicted octanol–water partition coefficient (Wildman–Crippen LogP) is 1.95. The van der Waals surface area contributed by atoms with Crippen LogP contribution in [0.4, 0.5) is 0 Å². The van der Waals surface area contributed by atoms with Gasteiger partial charge in [-0.25, -0.2) is 14.3 Å². The van der Waals surface area contributed by atoms with Crippen molar-refractivity contribution in [2.24, 2.45) is 7.05 Å². The zero-order chi connectivity index (χ0) is 19.6. The van der Waals surface area contributed by atoms with Gasteiger partial charge < -0.3 is 14.2 Å². The molecule has 1 aromatic heterocycles. The van der Waals surface area contributed by atoms with Crippen molar-refractivity contribution in [3.8, 4) is 11.5 Å². The topological polar surface area (TPSA) is 96.7 Å². The van der Waals surface area contributed by atoms with Crippen LogP contribution in [0.3, 0.4) is 0 Å². The van der Waals surface area contributed by atoms with E-state index < -0.39 is 11.9 Å². The number of carbonyl (C=O) groups excluding carboxylic acids is 2. The van der Waals surface area contributed by atoms with Crippen molar-refractivity contribution >= 4 is 22.7 Å². The van der Waals surface area contributed by atoms with Crippen molar-refractivity contribution in [2.45, 2.75) is 0 Å². The summed E-state index contributed by atoms with van der Waals surface area (Å²) in [6.07, 6.45) is 0. The molecule has 3 aromatic rings. The second kappa shape index (κ2) is 7.28. The Morgan fingerprint density at radius 3 is 2.37 bits per heavy atom. The summed E-state index contributed by atoms with van der Waals surface area (Å²) in [6, 6.07) is 11.0. The molecule has 0 saturated heterocycles. The van der Waals surface area contributed by atoms with Gasteiger partial charge in [-0.2, -0.15) is 5.10 Å². The van der Waals surface area contributed by atoms with Crippen LogP contribution in [0.5, 0.6) is 11.5 Å². The van der Waals surface area contributed by atoms with Crippen LogP contribution in [0.25, 0.3) is 10.8 Å². The molecule has 0 atom stereocenters. The van der Waals surface area contributed by atoms with E-state index in [4.69, 9.17) is 14.2 Å². The first-order valence-corrected chi connectivity index (χ1v) is 7.91. The first-order valence-electron chi connectivity index (χ1n) is 7.91. The minimum atomic E-state index is -0.819. The monoisotopic (exact) mass is 368 g/mol. The summed E-state index contributed by atoms with van der Waals surface area (Å²) in [5.74, 6) is -1.13. The number of rotatable bonds is 4. The normalized spacial score (nSPS) is 10.5. The lowest BCUT2D eigenvalue weighted by molar-refractivity contribution is 0.0592. The molecule has 0 N–H and O–H groups in total. The number of carbonyl (C=O) groups is 2. The minimum Gasteiger partial charge on any atom is -0.497 e. The number of esters is 2. The van der Waals surface area contributed by atoms with E-state index in [1.54, 1.807) is 30.3 Å². The Hall–Kier alpha value is -3.68. The molecule has 0 bridgehead atoms. The Balaban J connectivity index is 2.09. The summed E-state index contributed by atoms with van der Waals surface area (Å²) in [4.78, 5) is 36.9. The molecule has 0 unspecified atom stereocenters. The molecule has 0 saturated carbocycles. The molecule has 0 radical (unpaired) electrons. The van der Waals surface area contributed by atoms with Gasteiger partial charge in [0.05, 0.1) is 19.6 Å². The van der Waals surface area contributed by atoms with Gasteiger partial charge in [0.25, 0.3) is 5.56 Å². The molecule has 0 fully saturated rings. The van der Waals surface area contributed by atoms with E-state index in [0.717, 1.165) is 4.68 Å². The lowest BCUT2D eigenvalue weighted by atomic mass is 10.1. The van der Waals surface area contributed by atoms with Gasteiger partial charge in [-0.3, -0.25) is 4.79 Å². The number of hydrogen-bond acceptors (Lipinski definition) is 7. The third-order valence-corrected chi connectivity index (χ3v) is 3.95. The third kappa shape index (κ3) is 3.37. The molecular weight excluding hydrogens is 352 g/mol. The average molecular weight is 368 g/mol. The van der Waals surface area contributed by atoms with E-state index >= 15 is 0 Å².